The van der Waals surface area contributed by atoms with E-state index in [0.717, 1.165) is 28.3 Å². The van der Waals surface area contributed by atoms with Gasteiger partial charge in [0.05, 0.1) is 18.9 Å². The molecule has 0 saturated carbocycles. The summed E-state index contributed by atoms with van der Waals surface area (Å²) in [6.07, 6.45) is 3.97. The number of nitrogens with two attached hydrogens (primary N) is 1. The Labute approximate surface area is 188 Å². The first-order valence-electron chi connectivity index (χ1n) is 10.7. The zero-order chi connectivity index (χ0) is 23.6. The molecule has 172 valence electrons. The molecule has 0 radical (unpaired) electrons. The number of para-hydroxylation sites is 1. The fourth-order valence-corrected chi connectivity index (χ4v) is 2.69. The number of rotatable bonds is 8. The number of aliphatic hydroxyl groups is 2. The second kappa shape index (κ2) is 16.9. The lowest BCUT2D eigenvalue weighted by Crippen LogP contribution is -2.29. The van der Waals surface area contributed by atoms with Crippen molar-refractivity contribution >= 4 is 28.8 Å². The van der Waals surface area contributed by atoms with Gasteiger partial charge in [0.15, 0.2) is 0 Å². The SMILES string of the molecule is C/C=C\c1ccccc1N.CC.CC(C)=NN(C)c1ccc(N(CCO)CCO)cc1. The quantitative estimate of drug-likeness (QED) is 0.324. The minimum Gasteiger partial charge on any atom is -0.398 e. The number of hydrogen-bond acceptors (Lipinski definition) is 6. The molecule has 0 aliphatic heterocycles. The summed E-state index contributed by atoms with van der Waals surface area (Å²) in [5.41, 5.74) is 10.6. The van der Waals surface area contributed by atoms with Crippen LogP contribution in [0.2, 0.25) is 0 Å². The van der Waals surface area contributed by atoms with Crippen LogP contribution in [-0.4, -0.2) is 49.3 Å². The van der Waals surface area contributed by atoms with E-state index in [1.165, 1.54) is 0 Å². The number of hydrazone groups is 1. The summed E-state index contributed by atoms with van der Waals surface area (Å²) < 4.78 is 0. The standard InChI is InChI=1S/C14H23N3O2.C9H11N.C2H6/c1-12(2)15-16(3)13-4-6-14(7-5-13)17(8-10-18)9-11-19;1-2-5-8-6-3-4-7-9(8)10;1-2/h4-7,18-19H,8-11H2,1-3H3;2-7H,10H2,1H3;1-2H3/b;5-2-;. The van der Waals surface area contributed by atoms with Crippen LogP contribution in [0.3, 0.4) is 0 Å². The van der Waals surface area contributed by atoms with E-state index in [4.69, 9.17) is 15.9 Å². The first-order chi connectivity index (χ1) is 14.9. The van der Waals surface area contributed by atoms with Crippen LogP contribution in [0, 0.1) is 0 Å². The number of aliphatic hydroxyl groups excluding tert-OH is 2. The zero-order valence-electron chi connectivity index (χ0n) is 19.9. The molecule has 0 saturated heterocycles. The van der Waals surface area contributed by atoms with Crippen molar-refractivity contribution in [2.45, 2.75) is 34.6 Å². The first kappa shape index (κ1) is 28.2. The van der Waals surface area contributed by atoms with Crippen LogP contribution in [0.15, 0.2) is 59.7 Å². The van der Waals surface area contributed by atoms with Crippen LogP contribution < -0.4 is 15.6 Å². The third kappa shape index (κ3) is 11.2. The van der Waals surface area contributed by atoms with Gasteiger partial charge in [-0.05, 0) is 56.7 Å². The molecule has 0 amide bonds. The fraction of sp³-hybridized carbons (Fsp3) is 0.400. The molecular formula is C25H40N4O2. The number of allylic oxidation sites excluding steroid dienone is 1. The van der Waals surface area contributed by atoms with Crippen LogP contribution >= 0.6 is 0 Å². The van der Waals surface area contributed by atoms with E-state index < -0.39 is 0 Å². The molecule has 2 rings (SSSR count). The summed E-state index contributed by atoms with van der Waals surface area (Å²) in [6, 6.07) is 15.7. The van der Waals surface area contributed by atoms with Crippen molar-refractivity contribution in [3.8, 4) is 0 Å². The Morgan fingerprint density at radius 3 is 1.90 bits per heavy atom. The predicted molar refractivity (Wildman–Crippen MR) is 137 cm³/mol. The summed E-state index contributed by atoms with van der Waals surface area (Å²) in [5.74, 6) is 0. The maximum Gasteiger partial charge on any atom is 0.0606 e. The minimum absolute atomic E-state index is 0.0704. The topological polar surface area (TPSA) is 85.3 Å². The van der Waals surface area contributed by atoms with Crippen molar-refractivity contribution in [1.82, 2.24) is 0 Å². The number of anilines is 3. The summed E-state index contributed by atoms with van der Waals surface area (Å²) in [4.78, 5) is 1.94. The minimum atomic E-state index is 0.0704. The maximum atomic E-state index is 9.02. The fourth-order valence-electron chi connectivity index (χ4n) is 2.69. The lowest BCUT2D eigenvalue weighted by atomic mass is 10.2. The van der Waals surface area contributed by atoms with Crippen molar-refractivity contribution < 1.29 is 10.2 Å². The van der Waals surface area contributed by atoms with Crippen LogP contribution in [0.25, 0.3) is 6.08 Å². The highest BCUT2D eigenvalue weighted by Crippen LogP contribution is 2.20. The average molecular weight is 429 g/mol. The molecule has 0 bridgehead atoms. The van der Waals surface area contributed by atoms with Crippen LogP contribution in [0.4, 0.5) is 17.1 Å². The van der Waals surface area contributed by atoms with E-state index in [0.29, 0.717) is 13.1 Å². The van der Waals surface area contributed by atoms with E-state index in [2.05, 4.69) is 5.10 Å². The molecule has 6 nitrogen and oxygen atoms in total. The predicted octanol–water partition coefficient (Wildman–Crippen LogP) is 4.64. The van der Waals surface area contributed by atoms with E-state index in [9.17, 15) is 0 Å². The Bertz CT molecular complexity index is 763. The van der Waals surface area contributed by atoms with E-state index >= 15 is 0 Å². The van der Waals surface area contributed by atoms with Crippen LogP contribution in [0.5, 0.6) is 0 Å². The van der Waals surface area contributed by atoms with Crippen molar-refractivity contribution in [3.63, 3.8) is 0 Å². The normalized spacial score (nSPS) is 9.81. The first-order valence-corrected chi connectivity index (χ1v) is 10.7. The van der Waals surface area contributed by atoms with Gasteiger partial charge in [-0.15, -0.1) is 0 Å². The Morgan fingerprint density at radius 2 is 1.45 bits per heavy atom. The average Bonchev–Trinajstić information content (AvgIpc) is 2.77. The van der Waals surface area contributed by atoms with Crippen molar-refractivity contribution in [2.24, 2.45) is 5.10 Å². The molecule has 0 spiro atoms. The van der Waals surface area contributed by atoms with Crippen molar-refractivity contribution in [3.05, 3.63) is 60.2 Å². The maximum absolute atomic E-state index is 9.02. The second-order valence-corrected chi connectivity index (χ2v) is 6.65. The van der Waals surface area contributed by atoms with Crippen LogP contribution in [-0.2, 0) is 0 Å². The Hall–Kier alpha value is -2.83. The smallest absolute Gasteiger partial charge is 0.0606 e. The molecule has 0 heterocycles. The van der Waals surface area contributed by atoms with Gasteiger partial charge < -0.3 is 20.8 Å². The molecule has 4 N–H and O–H groups in total. The Morgan fingerprint density at radius 1 is 0.935 bits per heavy atom. The second-order valence-electron chi connectivity index (χ2n) is 6.65. The highest BCUT2D eigenvalue weighted by atomic mass is 16.3. The molecule has 2 aromatic carbocycles. The zero-order valence-corrected chi connectivity index (χ0v) is 19.9. The molecule has 2 aromatic rings. The van der Waals surface area contributed by atoms with Crippen LogP contribution in [0.1, 0.15) is 40.2 Å². The molecule has 0 aromatic heterocycles. The van der Waals surface area contributed by atoms with Gasteiger partial charge >= 0.3 is 0 Å². The monoisotopic (exact) mass is 428 g/mol. The molecule has 0 aliphatic carbocycles. The number of nitrogen functional groups attached to an aromatic ring is 1. The number of benzene rings is 2. The summed E-state index contributed by atoms with van der Waals surface area (Å²) >= 11 is 0. The third-order valence-electron chi connectivity index (χ3n) is 4.02. The van der Waals surface area contributed by atoms with Gasteiger partial charge in [0, 0.05) is 37.2 Å². The van der Waals surface area contributed by atoms with Crippen molar-refractivity contribution in [1.29, 1.82) is 0 Å². The Balaban J connectivity index is 0.000000628. The summed E-state index contributed by atoms with van der Waals surface area (Å²) in [6.45, 7) is 11.1. The summed E-state index contributed by atoms with van der Waals surface area (Å²) in [7, 11) is 1.90. The highest BCUT2D eigenvalue weighted by Gasteiger charge is 2.06. The van der Waals surface area contributed by atoms with Gasteiger partial charge in [0.2, 0.25) is 0 Å². The van der Waals surface area contributed by atoms with Gasteiger partial charge in [0.25, 0.3) is 0 Å². The molecule has 31 heavy (non-hydrogen) atoms. The highest BCUT2D eigenvalue weighted by molar-refractivity contribution is 5.80. The lowest BCUT2D eigenvalue weighted by molar-refractivity contribution is 0.281. The molecule has 0 atom stereocenters. The van der Waals surface area contributed by atoms with Gasteiger partial charge in [-0.2, -0.15) is 5.10 Å². The number of nitrogens with zero attached hydrogens (tertiary/aromatic N) is 3. The third-order valence-corrected chi connectivity index (χ3v) is 4.02. The van der Waals surface area contributed by atoms with E-state index in [-0.39, 0.29) is 13.2 Å². The van der Waals surface area contributed by atoms with Gasteiger partial charge in [-0.25, -0.2) is 0 Å². The van der Waals surface area contributed by atoms with Gasteiger partial charge in [-0.3, -0.25) is 5.01 Å². The Kier molecular flexibility index (Phi) is 15.4. The molecule has 0 fully saturated rings. The molecule has 6 heteroatoms. The van der Waals surface area contributed by atoms with Crippen molar-refractivity contribution in [2.75, 3.05) is 49.0 Å². The van der Waals surface area contributed by atoms with E-state index in [1.54, 1.807) is 0 Å². The molecule has 0 unspecified atom stereocenters. The molecule has 0 aliphatic rings. The van der Waals surface area contributed by atoms with Gasteiger partial charge in [0.1, 0.15) is 0 Å². The lowest BCUT2D eigenvalue weighted by Gasteiger charge is -2.23. The summed E-state index contributed by atoms with van der Waals surface area (Å²) in [5, 5.41) is 24.2. The molecular weight excluding hydrogens is 388 g/mol. The van der Waals surface area contributed by atoms with Gasteiger partial charge in [-0.1, -0.05) is 44.2 Å². The number of hydrogen-bond donors (Lipinski definition) is 3. The van der Waals surface area contributed by atoms with E-state index in [1.807, 2.05) is 112 Å². The largest absolute Gasteiger partial charge is 0.398 e.